The number of ether oxygens (including phenoxy) is 3. The van der Waals surface area contributed by atoms with E-state index in [1.54, 1.807) is 33.7 Å². The van der Waals surface area contributed by atoms with Crippen LogP contribution < -0.4 is 35.7 Å². The van der Waals surface area contributed by atoms with Gasteiger partial charge in [0.2, 0.25) is 11.8 Å². The Kier molecular flexibility index (Phi) is 11.6. The van der Waals surface area contributed by atoms with Gasteiger partial charge in [0.1, 0.15) is 17.1 Å². The topological polar surface area (TPSA) is 128 Å². The number of nitrogens with one attached hydrogen (secondary N) is 3. The van der Waals surface area contributed by atoms with E-state index in [1.165, 1.54) is 4.40 Å². The minimum absolute atomic E-state index is 0.0920. The van der Waals surface area contributed by atoms with E-state index in [2.05, 4.69) is 20.9 Å². The molecule has 0 bridgehead atoms. The third-order valence-corrected chi connectivity index (χ3v) is 10.5. The second-order valence-electron chi connectivity index (χ2n) is 13.1. The number of benzene rings is 3. The normalized spacial score (nSPS) is 13.9. The third kappa shape index (κ3) is 8.16. The molecule has 11 nitrogen and oxygen atoms in total. The summed E-state index contributed by atoms with van der Waals surface area (Å²) < 4.78 is 18.0. The summed E-state index contributed by atoms with van der Waals surface area (Å²) in [4.78, 5) is 34.4. The Morgan fingerprint density at radius 3 is 2.22 bits per heavy atom. The Morgan fingerprint density at radius 2 is 1.49 bits per heavy atom. The van der Waals surface area contributed by atoms with Crippen molar-refractivity contribution in [1.29, 1.82) is 0 Å². The molecule has 7 rings (SSSR count). The lowest BCUT2D eigenvalue weighted by atomic mass is 9.97. The number of amides is 1. The molecular weight excluding hydrogens is 739 g/mol. The number of fused-ring (bicyclic) bond motifs is 1. The van der Waals surface area contributed by atoms with Gasteiger partial charge in [-0.05, 0) is 36.2 Å². The summed E-state index contributed by atoms with van der Waals surface area (Å²) in [7, 11) is 4.81. The second kappa shape index (κ2) is 16.9. The summed E-state index contributed by atoms with van der Waals surface area (Å²) in [5, 5.41) is 10.7. The van der Waals surface area contributed by atoms with E-state index in [0.29, 0.717) is 76.9 Å². The summed E-state index contributed by atoms with van der Waals surface area (Å²) in [6.07, 6.45) is 4.71. The maximum absolute atomic E-state index is 13.5. The Hall–Kier alpha value is -5.46. The van der Waals surface area contributed by atoms with Crippen LogP contribution in [0.1, 0.15) is 29.5 Å². The first-order valence-corrected chi connectivity index (χ1v) is 18.6. The van der Waals surface area contributed by atoms with Crippen LogP contribution in [0.15, 0.2) is 96.1 Å². The van der Waals surface area contributed by atoms with Gasteiger partial charge in [0, 0.05) is 90.5 Å². The van der Waals surface area contributed by atoms with Crippen molar-refractivity contribution in [1.82, 2.24) is 30.3 Å². The molecule has 3 aromatic carbocycles. The highest BCUT2D eigenvalue weighted by molar-refractivity contribution is 6.39. The molecular formula is C42H40Cl2N6O5. The fourth-order valence-electron chi connectivity index (χ4n) is 6.77. The smallest absolute Gasteiger partial charge is 0.262 e. The molecule has 1 fully saturated rings. The molecule has 13 heteroatoms. The summed E-state index contributed by atoms with van der Waals surface area (Å²) in [6, 6.07) is 24.9. The second-order valence-corrected chi connectivity index (χ2v) is 13.9. The highest BCUT2D eigenvalue weighted by Crippen LogP contribution is 2.42. The van der Waals surface area contributed by atoms with Gasteiger partial charge in [0.15, 0.2) is 0 Å². The zero-order valence-corrected chi connectivity index (χ0v) is 32.1. The van der Waals surface area contributed by atoms with Crippen LogP contribution in [0.2, 0.25) is 10.0 Å². The molecule has 1 aliphatic rings. The van der Waals surface area contributed by atoms with Crippen LogP contribution >= 0.6 is 23.2 Å². The fourth-order valence-corrected chi connectivity index (χ4v) is 7.44. The van der Waals surface area contributed by atoms with Crippen molar-refractivity contribution in [2.45, 2.75) is 38.5 Å². The standard InChI is InChI=1S/C42H40Cl2N6O5/c1-53-30-13-10-26(36(19-30)54-2)20-45-22-28-23-47-37-18-25(16-17-50(37)42(28)52)31-6-4-7-32(39(31)43)33-8-5-9-34(40(33)44)35-14-11-27(41(49-35)55-3)21-46-24-29-12-15-38(51)48-29/h4-11,13-14,16-19,23,29,45-46H,12,15,20-22,24H2,1-3H3,(H,48,51)/t29-/m1/s1. The van der Waals surface area contributed by atoms with Crippen molar-refractivity contribution in [2.24, 2.45) is 0 Å². The van der Waals surface area contributed by atoms with Crippen molar-refractivity contribution in [3.63, 3.8) is 0 Å². The number of carbonyl (C=O) groups is 1. The van der Waals surface area contributed by atoms with E-state index >= 15 is 0 Å². The van der Waals surface area contributed by atoms with E-state index in [4.69, 9.17) is 42.4 Å². The first-order valence-electron chi connectivity index (χ1n) is 17.8. The van der Waals surface area contributed by atoms with Crippen molar-refractivity contribution >= 4 is 34.8 Å². The predicted molar refractivity (Wildman–Crippen MR) is 215 cm³/mol. The van der Waals surface area contributed by atoms with Crippen molar-refractivity contribution in [3.05, 3.63) is 128 Å². The van der Waals surface area contributed by atoms with E-state index < -0.39 is 0 Å². The first kappa shape index (κ1) is 37.8. The van der Waals surface area contributed by atoms with Crippen LogP contribution in [0, 0.1) is 0 Å². The van der Waals surface area contributed by atoms with E-state index in [1.807, 2.05) is 78.9 Å². The molecule has 1 saturated heterocycles. The van der Waals surface area contributed by atoms with Crippen LogP contribution in [-0.4, -0.2) is 54.2 Å². The highest BCUT2D eigenvalue weighted by atomic mass is 35.5. The number of hydrogen-bond acceptors (Lipinski definition) is 9. The summed E-state index contributed by atoms with van der Waals surface area (Å²) >= 11 is 14.2. The Balaban J connectivity index is 1.09. The summed E-state index contributed by atoms with van der Waals surface area (Å²) in [5.74, 6) is 1.99. The highest BCUT2D eigenvalue weighted by Gasteiger charge is 2.21. The van der Waals surface area contributed by atoms with Crippen molar-refractivity contribution < 1.29 is 19.0 Å². The lowest BCUT2D eigenvalue weighted by Gasteiger charge is -2.16. The average Bonchev–Trinajstić information content (AvgIpc) is 3.63. The number of aromatic nitrogens is 3. The largest absolute Gasteiger partial charge is 0.497 e. The van der Waals surface area contributed by atoms with Gasteiger partial charge in [-0.15, -0.1) is 0 Å². The number of carbonyl (C=O) groups excluding carboxylic acids is 1. The number of nitrogens with zero attached hydrogens (tertiary/aromatic N) is 3. The Labute approximate surface area is 328 Å². The van der Waals surface area contributed by atoms with Gasteiger partial charge in [-0.25, -0.2) is 9.97 Å². The van der Waals surface area contributed by atoms with Gasteiger partial charge in [0.05, 0.1) is 42.6 Å². The molecule has 0 aliphatic carbocycles. The average molecular weight is 780 g/mol. The fraction of sp³-hybridized carbons (Fsp3) is 0.238. The van der Waals surface area contributed by atoms with E-state index in [0.717, 1.165) is 45.4 Å². The molecule has 0 radical (unpaired) electrons. The Bertz CT molecular complexity index is 2440. The van der Waals surface area contributed by atoms with Crippen LogP contribution in [0.5, 0.6) is 17.4 Å². The zero-order chi connectivity index (χ0) is 38.5. The summed E-state index contributed by atoms with van der Waals surface area (Å²) in [5.41, 5.74) is 7.15. The van der Waals surface area contributed by atoms with Gasteiger partial charge in [-0.1, -0.05) is 71.7 Å². The van der Waals surface area contributed by atoms with Gasteiger partial charge in [-0.2, -0.15) is 0 Å². The monoisotopic (exact) mass is 778 g/mol. The lowest BCUT2D eigenvalue weighted by molar-refractivity contribution is -0.119. The first-order chi connectivity index (χ1) is 26.8. The molecule has 3 aromatic heterocycles. The minimum atomic E-state index is -0.164. The number of pyridine rings is 2. The molecule has 1 atom stereocenters. The van der Waals surface area contributed by atoms with Crippen LogP contribution in [0.25, 0.3) is 39.2 Å². The number of methoxy groups -OCH3 is 3. The van der Waals surface area contributed by atoms with E-state index in [9.17, 15) is 9.59 Å². The maximum Gasteiger partial charge on any atom is 0.262 e. The van der Waals surface area contributed by atoms with Gasteiger partial charge in [-0.3, -0.25) is 14.0 Å². The molecule has 0 unspecified atom stereocenters. The number of rotatable bonds is 14. The SMILES string of the molecule is COc1ccc(CNCc2cnc3cc(-c4cccc(-c5cccc(-c6ccc(CNC[C@H]7CCC(=O)N7)c(OC)n6)c5Cl)c4Cl)ccn3c2=O)c(OC)c1. The van der Waals surface area contributed by atoms with E-state index in [-0.39, 0.29) is 17.5 Å². The molecule has 0 spiro atoms. The minimum Gasteiger partial charge on any atom is -0.497 e. The number of hydrogen-bond donors (Lipinski definition) is 3. The molecule has 6 aromatic rings. The zero-order valence-electron chi connectivity index (χ0n) is 30.6. The van der Waals surface area contributed by atoms with Crippen LogP contribution in [0.3, 0.4) is 0 Å². The lowest BCUT2D eigenvalue weighted by Crippen LogP contribution is -2.35. The summed E-state index contributed by atoms with van der Waals surface area (Å²) in [6.45, 7) is 2.03. The predicted octanol–water partition coefficient (Wildman–Crippen LogP) is 7.08. The third-order valence-electron chi connectivity index (χ3n) is 9.70. The molecule has 0 saturated carbocycles. The quantitative estimate of drug-likeness (QED) is 0.106. The van der Waals surface area contributed by atoms with Gasteiger partial charge >= 0.3 is 0 Å². The molecule has 55 heavy (non-hydrogen) atoms. The van der Waals surface area contributed by atoms with Crippen LogP contribution in [0.4, 0.5) is 0 Å². The molecule has 282 valence electrons. The Morgan fingerprint density at radius 1 is 0.782 bits per heavy atom. The van der Waals surface area contributed by atoms with Crippen molar-refractivity contribution in [3.8, 4) is 50.9 Å². The maximum atomic E-state index is 13.5. The van der Waals surface area contributed by atoms with Gasteiger partial charge < -0.3 is 30.2 Å². The molecule has 4 heterocycles. The number of halogens is 2. The van der Waals surface area contributed by atoms with Crippen molar-refractivity contribution in [2.75, 3.05) is 27.9 Å². The van der Waals surface area contributed by atoms with Gasteiger partial charge in [0.25, 0.3) is 5.56 Å². The molecule has 1 amide bonds. The molecule has 3 N–H and O–H groups in total. The van der Waals surface area contributed by atoms with Crippen LogP contribution in [-0.2, 0) is 24.4 Å². The molecule has 1 aliphatic heterocycles.